The fourth-order valence-electron chi connectivity index (χ4n) is 2.81. The molecule has 0 saturated carbocycles. The highest BCUT2D eigenvalue weighted by Crippen LogP contribution is 2.24. The summed E-state index contributed by atoms with van der Waals surface area (Å²) in [4.78, 5) is 16.0. The number of sulfone groups is 1. The molecule has 0 aliphatic carbocycles. The van der Waals surface area contributed by atoms with E-state index in [1.54, 1.807) is 36.4 Å². The standard InChI is InChI=1S/C19H20N2O3S/c1-13-14(2)21-18-16(13)9-6-10-17(18)19(22)20-11-12-25(23,24)15-7-4-3-5-8-15/h3-10,21H,11-12H2,1-2H3,(H,20,22). The molecule has 5 nitrogen and oxygen atoms in total. The third-order valence-electron chi connectivity index (χ3n) is 4.35. The van der Waals surface area contributed by atoms with E-state index in [-0.39, 0.29) is 23.1 Å². The highest BCUT2D eigenvalue weighted by Gasteiger charge is 2.16. The zero-order valence-electron chi connectivity index (χ0n) is 14.2. The molecular weight excluding hydrogens is 336 g/mol. The molecule has 0 aliphatic heterocycles. The first-order chi connectivity index (χ1) is 11.9. The maximum Gasteiger partial charge on any atom is 0.253 e. The van der Waals surface area contributed by atoms with Crippen LogP contribution in [-0.2, 0) is 9.84 Å². The Balaban J connectivity index is 1.73. The van der Waals surface area contributed by atoms with Gasteiger partial charge in [0.1, 0.15) is 0 Å². The molecule has 1 aromatic heterocycles. The van der Waals surface area contributed by atoms with Crippen molar-refractivity contribution in [3.8, 4) is 0 Å². The van der Waals surface area contributed by atoms with Crippen LogP contribution in [0.4, 0.5) is 0 Å². The van der Waals surface area contributed by atoms with E-state index in [4.69, 9.17) is 0 Å². The first kappa shape index (κ1) is 17.2. The second kappa shape index (κ2) is 6.72. The molecule has 1 amide bonds. The van der Waals surface area contributed by atoms with Crippen LogP contribution in [0.2, 0.25) is 0 Å². The number of amides is 1. The Morgan fingerprint density at radius 1 is 1.04 bits per heavy atom. The number of aromatic amines is 1. The Kier molecular flexibility index (Phi) is 4.63. The third kappa shape index (κ3) is 3.44. The number of benzene rings is 2. The molecule has 0 spiro atoms. The summed E-state index contributed by atoms with van der Waals surface area (Å²) in [5, 5.41) is 3.71. The quantitative estimate of drug-likeness (QED) is 0.738. The lowest BCUT2D eigenvalue weighted by Crippen LogP contribution is -2.29. The van der Waals surface area contributed by atoms with E-state index >= 15 is 0 Å². The van der Waals surface area contributed by atoms with Gasteiger partial charge in [-0.15, -0.1) is 0 Å². The van der Waals surface area contributed by atoms with Crippen LogP contribution in [0.5, 0.6) is 0 Å². The number of carbonyl (C=O) groups is 1. The van der Waals surface area contributed by atoms with Crippen molar-refractivity contribution in [1.82, 2.24) is 10.3 Å². The summed E-state index contributed by atoms with van der Waals surface area (Å²) in [6.07, 6.45) is 0. The molecule has 2 aromatic carbocycles. The Morgan fingerprint density at radius 2 is 1.76 bits per heavy atom. The van der Waals surface area contributed by atoms with Crippen LogP contribution in [-0.4, -0.2) is 31.6 Å². The van der Waals surface area contributed by atoms with Gasteiger partial charge in [-0.05, 0) is 37.6 Å². The van der Waals surface area contributed by atoms with Gasteiger partial charge in [-0.1, -0.05) is 30.3 Å². The Morgan fingerprint density at radius 3 is 2.48 bits per heavy atom. The van der Waals surface area contributed by atoms with Crippen molar-refractivity contribution >= 4 is 26.6 Å². The number of fused-ring (bicyclic) bond motifs is 1. The molecule has 0 unspecified atom stereocenters. The van der Waals surface area contributed by atoms with Crippen molar-refractivity contribution in [1.29, 1.82) is 0 Å². The van der Waals surface area contributed by atoms with Crippen molar-refractivity contribution in [2.45, 2.75) is 18.7 Å². The van der Waals surface area contributed by atoms with Crippen LogP contribution in [0, 0.1) is 13.8 Å². The SMILES string of the molecule is Cc1[nH]c2c(C(=O)NCCS(=O)(=O)c3ccccc3)cccc2c1C. The number of para-hydroxylation sites is 1. The van der Waals surface area contributed by atoms with E-state index in [9.17, 15) is 13.2 Å². The molecule has 1 heterocycles. The highest BCUT2D eigenvalue weighted by atomic mass is 32.2. The van der Waals surface area contributed by atoms with Crippen molar-refractivity contribution in [3.63, 3.8) is 0 Å². The summed E-state index contributed by atoms with van der Waals surface area (Å²) in [5.41, 5.74) is 3.42. The molecule has 0 aliphatic rings. The fraction of sp³-hybridized carbons (Fsp3) is 0.211. The molecule has 0 radical (unpaired) electrons. The van der Waals surface area contributed by atoms with Crippen LogP contribution in [0.15, 0.2) is 53.4 Å². The molecule has 130 valence electrons. The molecule has 2 N–H and O–H groups in total. The van der Waals surface area contributed by atoms with Crippen molar-refractivity contribution in [2.75, 3.05) is 12.3 Å². The van der Waals surface area contributed by atoms with Crippen LogP contribution >= 0.6 is 0 Å². The normalized spacial score (nSPS) is 11.6. The number of nitrogens with one attached hydrogen (secondary N) is 2. The van der Waals surface area contributed by atoms with Gasteiger partial charge >= 0.3 is 0 Å². The van der Waals surface area contributed by atoms with E-state index in [1.807, 2.05) is 26.0 Å². The molecule has 25 heavy (non-hydrogen) atoms. The number of aromatic nitrogens is 1. The highest BCUT2D eigenvalue weighted by molar-refractivity contribution is 7.91. The zero-order valence-corrected chi connectivity index (χ0v) is 15.0. The second-order valence-electron chi connectivity index (χ2n) is 5.99. The predicted molar refractivity (Wildman–Crippen MR) is 98.6 cm³/mol. The average Bonchev–Trinajstić information content (AvgIpc) is 2.90. The minimum absolute atomic E-state index is 0.0606. The molecule has 6 heteroatoms. The number of hydrogen-bond acceptors (Lipinski definition) is 3. The van der Waals surface area contributed by atoms with Crippen LogP contribution in [0.3, 0.4) is 0 Å². The van der Waals surface area contributed by atoms with Crippen LogP contribution in [0.1, 0.15) is 21.6 Å². The van der Waals surface area contributed by atoms with E-state index in [0.29, 0.717) is 5.56 Å². The van der Waals surface area contributed by atoms with Gasteiger partial charge in [0.25, 0.3) is 5.91 Å². The maximum absolute atomic E-state index is 12.5. The summed E-state index contributed by atoms with van der Waals surface area (Å²) in [7, 11) is -3.41. The summed E-state index contributed by atoms with van der Waals surface area (Å²) in [6.45, 7) is 4.02. The molecule has 3 aromatic rings. The van der Waals surface area contributed by atoms with Crippen molar-refractivity contribution in [2.24, 2.45) is 0 Å². The minimum Gasteiger partial charge on any atom is -0.358 e. The monoisotopic (exact) mass is 356 g/mol. The average molecular weight is 356 g/mol. The van der Waals surface area contributed by atoms with Gasteiger partial charge in [-0.2, -0.15) is 0 Å². The Labute approximate surface area is 147 Å². The lowest BCUT2D eigenvalue weighted by Gasteiger charge is -2.07. The molecular formula is C19H20N2O3S. The number of hydrogen-bond donors (Lipinski definition) is 2. The summed E-state index contributed by atoms with van der Waals surface area (Å²) in [6, 6.07) is 13.8. The van der Waals surface area contributed by atoms with Gasteiger partial charge in [0.15, 0.2) is 9.84 Å². The molecule has 0 fully saturated rings. The van der Waals surface area contributed by atoms with Crippen molar-refractivity contribution < 1.29 is 13.2 Å². The van der Waals surface area contributed by atoms with Gasteiger partial charge < -0.3 is 10.3 Å². The van der Waals surface area contributed by atoms with Gasteiger partial charge in [-0.25, -0.2) is 8.42 Å². The molecule has 0 saturated heterocycles. The smallest absolute Gasteiger partial charge is 0.253 e. The summed E-state index contributed by atoms with van der Waals surface area (Å²) in [5.74, 6) is -0.420. The molecule has 0 atom stereocenters. The van der Waals surface area contributed by atoms with Gasteiger partial charge in [0, 0.05) is 17.6 Å². The first-order valence-electron chi connectivity index (χ1n) is 8.04. The Hall–Kier alpha value is -2.60. The Bertz CT molecular complexity index is 1020. The first-order valence-corrected chi connectivity index (χ1v) is 9.69. The van der Waals surface area contributed by atoms with Gasteiger partial charge in [0.2, 0.25) is 0 Å². The van der Waals surface area contributed by atoms with Crippen molar-refractivity contribution in [3.05, 3.63) is 65.4 Å². The van der Waals surface area contributed by atoms with Crippen LogP contribution < -0.4 is 5.32 Å². The number of aryl methyl sites for hydroxylation is 2. The van der Waals surface area contributed by atoms with E-state index in [1.165, 1.54) is 0 Å². The summed E-state index contributed by atoms with van der Waals surface area (Å²) >= 11 is 0. The van der Waals surface area contributed by atoms with E-state index in [0.717, 1.165) is 22.2 Å². The summed E-state index contributed by atoms with van der Waals surface area (Å²) < 4.78 is 24.5. The lowest BCUT2D eigenvalue weighted by atomic mass is 10.1. The fourth-order valence-corrected chi connectivity index (χ4v) is 3.99. The lowest BCUT2D eigenvalue weighted by molar-refractivity contribution is 0.0957. The molecule has 3 rings (SSSR count). The number of rotatable bonds is 5. The third-order valence-corrected chi connectivity index (χ3v) is 6.08. The predicted octanol–water partition coefficient (Wildman–Crippen LogP) is 2.99. The topological polar surface area (TPSA) is 79.0 Å². The number of carbonyl (C=O) groups excluding carboxylic acids is 1. The number of H-pyrrole nitrogens is 1. The molecule has 0 bridgehead atoms. The largest absolute Gasteiger partial charge is 0.358 e. The van der Waals surface area contributed by atoms with Gasteiger partial charge in [0.05, 0.1) is 21.7 Å². The van der Waals surface area contributed by atoms with E-state index in [2.05, 4.69) is 10.3 Å². The van der Waals surface area contributed by atoms with Gasteiger partial charge in [-0.3, -0.25) is 4.79 Å². The zero-order chi connectivity index (χ0) is 18.0. The maximum atomic E-state index is 12.5. The second-order valence-corrected chi connectivity index (χ2v) is 8.10. The van der Waals surface area contributed by atoms with Crippen LogP contribution in [0.25, 0.3) is 10.9 Å². The van der Waals surface area contributed by atoms with E-state index < -0.39 is 9.84 Å². The minimum atomic E-state index is -3.41.